The Morgan fingerprint density at radius 3 is 2.73 bits per heavy atom. The zero-order valence-electron chi connectivity index (χ0n) is 23.8. The lowest BCUT2D eigenvalue weighted by Crippen LogP contribution is -2.46. The number of fused-ring (bicyclic) bond motifs is 1. The average molecular weight is 598 g/mol. The predicted octanol–water partition coefficient (Wildman–Crippen LogP) is 2.33. The number of hydrogen-bond donors (Lipinski definition) is 1. The van der Waals surface area contributed by atoms with Gasteiger partial charge in [-0.1, -0.05) is 12.1 Å². The van der Waals surface area contributed by atoms with Crippen LogP contribution in [-0.4, -0.2) is 81.5 Å². The third kappa shape index (κ3) is 6.01. The van der Waals surface area contributed by atoms with Gasteiger partial charge >= 0.3 is 5.97 Å². The van der Waals surface area contributed by atoms with Gasteiger partial charge in [-0.05, 0) is 25.1 Å². The van der Waals surface area contributed by atoms with Crippen LogP contribution >= 0.6 is 0 Å². The standard InChI is InChI=1S/C29H28FN11O3/c1-2-39-18-32-15-21(39)13-24-23(33-29-36-35-27(28(42)43)37-41(24)29)16-38-8-10-40(11-9-38)25-4-3-5-26(34-25)44-17-20-7-6-19(14-31)12-22(20)30/h3-7,12,15,18H,2,8-11,13,16-17H2,1H3,(H,42,43). The van der Waals surface area contributed by atoms with Crippen molar-refractivity contribution in [1.82, 2.24) is 44.2 Å². The largest absolute Gasteiger partial charge is 0.475 e. The van der Waals surface area contributed by atoms with Crippen LogP contribution in [0.15, 0.2) is 48.9 Å². The van der Waals surface area contributed by atoms with Gasteiger partial charge in [-0.15, -0.1) is 15.3 Å². The van der Waals surface area contributed by atoms with E-state index in [1.165, 1.54) is 16.6 Å². The summed E-state index contributed by atoms with van der Waals surface area (Å²) in [5, 5.41) is 30.3. The van der Waals surface area contributed by atoms with Crippen molar-refractivity contribution in [1.29, 1.82) is 5.26 Å². The lowest BCUT2D eigenvalue weighted by atomic mass is 10.1. The molecule has 0 unspecified atom stereocenters. The number of hydrogen-bond acceptors (Lipinski definition) is 11. The summed E-state index contributed by atoms with van der Waals surface area (Å²) in [6, 6.07) is 11.7. The molecule has 0 atom stereocenters. The molecule has 1 aliphatic heterocycles. The Hall–Kier alpha value is -5.49. The second-order valence-electron chi connectivity index (χ2n) is 10.2. The lowest BCUT2D eigenvalue weighted by Gasteiger charge is -2.35. The van der Waals surface area contributed by atoms with E-state index < -0.39 is 17.6 Å². The molecule has 44 heavy (non-hydrogen) atoms. The van der Waals surface area contributed by atoms with Gasteiger partial charge in [0, 0.05) is 69.2 Å². The zero-order valence-corrected chi connectivity index (χ0v) is 23.8. The molecule has 1 aliphatic rings. The van der Waals surface area contributed by atoms with Crippen molar-refractivity contribution in [3.05, 3.63) is 88.8 Å². The number of nitriles is 1. The molecular formula is C29H28FN11O3. The van der Waals surface area contributed by atoms with Gasteiger partial charge in [-0.2, -0.15) is 14.8 Å². The Kier molecular flexibility index (Phi) is 8.06. The van der Waals surface area contributed by atoms with Gasteiger partial charge in [0.1, 0.15) is 18.2 Å². The number of carbonyl (C=O) groups is 1. The summed E-state index contributed by atoms with van der Waals surface area (Å²) in [7, 11) is 0. The molecule has 5 aromatic rings. The zero-order chi connectivity index (χ0) is 30.6. The fourth-order valence-electron chi connectivity index (χ4n) is 5.09. The summed E-state index contributed by atoms with van der Waals surface area (Å²) < 4.78 is 23.5. The van der Waals surface area contributed by atoms with Crippen LogP contribution in [-0.2, 0) is 26.1 Å². The van der Waals surface area contributed by atoms with Crippen LogP contribution in [0, 0.1) is 17.1 Å². The minimum atomic E-state index is -1.26. The van der Waals surface area contributed by atoms with E-state index in [-0.39, 0.29) is 17.9 Å². The molecule has 0 amide bonds. The number of ether oxygens (including phenoxy) is 1. The number of anilines is 1. The molecule has 4 aromatic heterocycles. The molecule has 0 radical (unpaired) electrons. The van der Waals surface area contributed by atoms with Crippen molar-refractivity contribution in [2.24, 2.45) is 0 Å². The number of piperazine rings is 1. The van der Waals surface area contributed by atoms with E-state index in [1.807, 2.05) is 29.7 Å². The smallest absolute Gasteiger partial charge is 0.377 e. The summed E-state index contributed by atoms with van der Waals surface area (Å²) in [6.07, 6.45) is 3.99. The maximum atomic E-state index is 14.3. The van der Waals surface area contributed by atoms with E-state index in [0.717, 1.165) is 42.5 Å². The number of aromatic carboxylic acids is 1. The monoisotopic (exact) mass is 597 g/mol. The molecule has 1 aromatic carbocycles. The molecule has 0 bridgehead atoms. The molecule has 0 aliphatic carbocycles. The SMILES string of the molecule is CCn1cncc1Cc1c(CN2CCN(c3cccc(OCc4ccc(C#N)cc4F)n3)CC2)nc2nnc(C(=O)O)nn12. The number of aryl methyl sites for hydroxylation is 1. The number of benzene rings is 1. The Labute approximate surface area is 251 Å². The van der Waals surface area contributed by atoms with Gasteiger partial charge in [-0.25, -0.2) is 19.2 Å². The number of halogens is 1. The van der Waals surface area contributed by atoms with Gasteiger partial charge < -0.3 is 19.3 Å². The first-order chi connectivity index (χ1) is 21.4. The number of carboxylic acids is 1. The third-order valence-corrected chi connectivity index (χ3v) is 7.46. The number of nitrogens with zero attached hydrogens (tertiary/aromatic N) is 11. The minimum absolute atomic E-state index is 0.00461. The van der Waals surface area contributed by atoms with Crippen LogP contribution < -0.4 is 9.64 Å². The quantitative estimate of drug-likeness (QED) is 0.250. The average Bonchev–Trinajstić information content (AvgIpc) is 3.64. The highest BCUT2D eigenvalue weighted by Gasteiger charge is 2.24. The molecule has 6 rings (SSSR count). The molecule has 14 nitrogen and oxygen atoms in total. The molecule has 15 heteroatoms. The van der Waals surface area contributed by atoms with Gasteiger partial charge in [0.2, 0.25) is 5.88 Å². The van der Waals surface area contributed by atoms with E-state index in [2.05, 4.69) is 40.0 Å². The second-order valence-corrected chi connectivity index (χ2v) is 10.2. The number of aromatic nitrogens is 8. The van der Waals surface area contributed by atoms with Crippen LogP contribution in [0.5, 0.6) is 5.88 Å². The predicted molar refractivity (Wildman–Crippen MR) is 153 cm³/mol. The summed E-state index contributed by atoms with van der Waals surface area (Å²) in [5.41, 5.74) is 3.03. The van der Waals surface area contributed by atoms with Crippen molar-refractivity contribution in [2.75, 3.05) is 31.1 Å². The van der Waals surface area contributed by atoms with Crippen LogP contribution in [0.3, 0.4) is 0 Å². The van der Waals surface area contributed by atoms with Gasteiger partial charge in [-0.3, -0.25) is 4.90 Å². The highest BCUT2D eigenvalue weighted by Crippen LogP contribution is 2.22. The van der Waals surface area contributed by atoms with Crippen LogP contribution in [0.2, 0.25) is 0 Å². The first kappa shape index (κ1) is 28.6. The van der Waals surface area contributed by atoms with Crippen molar-refractivity contribution in [3.63, 3.8) is 0 Å². The summed E-state index contributed by atoms with van der Waals surface area (Å²) in [6.45, 7) is 6.13. The molecule has 224 valence electrons. The van der Waals surface area contributed by atoms with Crippen molar-refractivity contribution in [2.45, 2.75) is 33.0 Å². The Morgan fingerprint density at radius 2 is 1.98 bits per heavy atom. The van der Waals surface area contributed by atoms with E-state index >= 15 is 0 Å². The van der Waals surface area contributed by atoms with Gasteiger partial charge in [0.25, 0.3) is 11.6 Å². The summed E-state index contributed by atoms with van der Waals surface area (Å²) >= 11 is 0. The first-order valence-corrected chi connectivity index (χ1v) is 14.0. The van der Waals surface area contributed by atoms with Gasteiger partial charge in [0.05, 0.1) is 29.3 Å². The molecule has 1 saturated heterocycles. The Morgan fingerprint density at radius 1 is 1.14 bits per heavy atom. The number of rotatable bonds is 10. The fraction of sp³-hybridized carbons (Fsp3) is 0.310. The van der Waals surface area contributed by atoms with Crippen LogP contribution in [0.25, 0.3) is 5.78 Å². The highest BCUT2D eigenvalue weighted by atomic mass is 19.1. The second kappa shape index (κ2) is 12.4. The topological polar surface area (TPSA) is 163 Å². The molecular weight excluding hydrogens is 569 g/mol. The molecule has 5 heterocycles. The molecule has 1 N–H and O–H groups in total. The van der Waals surface area contributed by atoms with E-state index in [9.17, 15) is 14.3 Å². The maximum Gasteiger partial charge on any atom is 0.377 e. The third-order valence-electron chi connectivity index (χ3n) is 7.46. The normalized spacial score (nSPS) is 13.7. The maximum absolute atomic E-state index is 14.3. The highest BCUT2D eigenvalue weighted by molar-refractivity contribution is 5.82. The van der Waals surface area contributed by atoms with Crippen LogP contribution in [0.4, 0.5) is 10.2 Å². The minimum Gasteiger partial charge on any atom is -0.475 e. The number of imidazole rings is 2. The first-order valence-electron chi connectivity index (χ1n) is 14.0. The van der Waals surface area contributed by atoms with E-state index in [0.29, 0.717) is 37.5 Å². The van der Waals surface area contributed by atoms with Crippen LogP contribution in [0.1, 0.15) is 45.8 Å². The van der Waals surface area contributed by atoms with Crippen molar-refractivity contribution >= 4 is 17.6 Å². The Bertz CT molecular complexity index is 1860. The lowest BCUT2D eigenvalue weighted by molar-refractivity contribution is 0.0679. The van der Waals surface area contributed by atoms with Crippen molar-refractivity contribution in [3.8, 4) is 11.9 Å². The van der Waals surface area contributed by atoms with E-state index in [4.69, 9.17) is 10.00 Å². The number of carboxylic acid groups (broad SMARTS) is 1. The van der Waals surface area contributed by atoms with Gasteiger partial charge in [0.15, 0.2) is 0 Å². The summed E-state index contributed by atoms with van der Waals surface area (Å²) in [5.74, 6) is -0.789. The number of pyridine rings is 1. The Balaban J connectivity index is 1.14. The summed E-state index contributed by atoms with van der Waals surface area (Å²) in [4.78, 5) is 29.5. The molecule has 0 spiro atoms. The fourth-order valence-corrected chi connectivity index (χ4v) is 5.09. The van der Waals surface area contributed by atoms with Crippen molar-refractivity contribution < 1.29 is 19.0 Å². The van der Waals surface area contributed by atoms with E-state index in [1.54, 1.807) is 24.7 Å². The molecule has 0 saturated carbocycles. The molecule has 1 fully saturated rings.